The lowest BCUT2D eigenvalue weighted by molar-refractivity contribution is 0.252. The molecule has 0 aromatic heterocycles. The van der Waals surface area contributed by atoms with Crippen molar-refractivity contribution in [2.75, 3.05) is 6.61 Å². The molecule has 0 aliphatic heterocycles. The van der Waals surface area contributed by atoms with Crippen LogP contribution in [0.2, 0.25) is 0 Å². The molecule has 1 saturated carbocycles. The normalized spacial score (nSPS) is 17.9. The second-order valence-electron chi connectivity index (χ2n) is 6.32. The van der Waals surface area contributed by atoms with Crippen LogP contribution in [0.5, 0.6) is 5.75 Å². The van der Waals surface area contributed by atoms with Crippen molar-refractivity contribution in [1.29, 1.82) is 0 Å². The Morgan fingerprint density at radius 1 is 1.10 bits per heavy atom. The Labute approximate surface area is 123 Å². The standard InChI is InChI=1S/C18H29NO/c1-3-4-14-20-17-10-8-16(9-11-17)15-19-18(2)12-6-5-7-13-18/h8-11,19H,3-7,12-15H2,1-2H3. The van der Waals surface area contributed by atoms with Crippen LogP contribution in [-0.2, 0) is 6.54 Å². The number of unbranched alkanes of at least 4 members (excludes halogenated alkanes) is 1. The Bertz CT molecular complexity index is 379. The SMILES string of the molecule is CCCCOc1ccc(CNC2(C)CCCCC2)cc1. The fourth-order valence-electron chi connectivity index (χ4n) is 2.86. The molecule has 1 aliphatic carbocycles. The predicted molar refractivity (Wildman–Crippen MR) is 85.2 cm³/mol. The van der Waals surface area contributed by atoms with Gasteiger partial charge in [-0.25, -0.2) is 0 Å². The highest BCUT2D eigenvalue weighted by Gasteiger charge is 2.25. The summed E-state index contributed by atoms with van der Waals surface area (Å²) >= 11 is 0. The third-order valence-corrected chi connectivity index (χ3v) is 4.37. The van der Waals surface area contributed by atoms with E-state index < -0.39 is 0 Å². The van der Waals surface area contributed by atoms with E-state index in [9.17, 15) is 0 Å². The Hall–Kier alpha value is -1.02. The summed E-state index contributed by atoms with van der Waals surface area (Å²) in [5, 5.41) is 3.75. The van der Waals surface area contributed by atoms with Crippen molar-refractivity contribution in [1.82, 2.24) is 5.32 Å². The minimum absolute atomic E-state index is 0.342. The van der Waals surface area contributed by atoms with Crippen LogP contribution in [-0.4, -0.2) is 12.1 Å². The highest BCUT2D eigenvalue weighted by molar-refractivity contribution is 5.27. The lowest BCUT2D eigenvalue weighted by Gasteiger charge is -2.34. The van der Waals surface area contributed by atoms with Gasteiger partial charge in [-0.1, -0.05) is 44.7 Å². The average molecular weight is 275 g/mol. The van der Waals surface area contributed by atoms with Gasteiger partial charge in [0.25, 0.3) is 0 Å². The summed E-state index contributed by atoms with van der Waals surface area (Å²) < 4.78 is 5.70. The zero-order valence-corrected chi connectivity index (χ0v) is 13.1. The molecule has 1 aliphatic rings. The Balaban J connectivity index is 1.78. The van der Waals surface area contributed by atoms with Gasteiger partial charge in [-0.3, -0.25) is 0 Å². The summed E-state index contributed by atoms with van der Waals surface area (Å²) in [7, 11) is 0. The van der Waals surface area contributed by atoms with Crippen LogP contribution >= 0.6 is 0 Å². The molecule has 2 heteroatoms. The molecule has 1 aromatic rings. The number of nitrogens with one attached hydrogen (secondary N) is 1. The van der Waals surface area contributed by atoms with Crippen LogP contribution in [0.3, 0.4) is 0 Å². The van der Waals surface area contributed by atoms with E-state index in [1.165, 1.54) is 44.1 Å². The lowest BCUT2D eigenvalue weighted by atomic mass is 9.83. The molecule has 0 atom stereocenters. The van der Waals surface area contributed by atoms with Crippen LogP contribution < -0.4 is 10.1 Å². The van der Waals surface area contributed by atoms with Crippen molar-refractivity contribution in [3.63, 3.8) is 0 Å². The number of rotatable bonds is 7. The summed E-state index contributed by atoms with van der Waals surface area (Å²) in [5.41, 5.74) is 1.69. The first-order valence-corrected chi connectivity index (χ1v) is 8.19. The fraction of sp³-hybridized carbons (Fsp3) is 0.667. The summed E-state index contributed by atoms with van der Waals surface area (Å²) in [6, 6.07) is 8.55. The maximum atomic E-state index is 5.70. The smallest absolute Gasteiger partial charge is 0.119 e. The van der Waals surface area contributed by atoms with Crippen LogP contribution in [0.1, 0.15) is 64.4 Å². The van der Waals surface area contributed by atoms with Gasteiger partial charge in [0, 0.05) is 12.1 Å². The third-order valence-electron chi connectivity index (χ3n) is 4.37. The van der Waals surface area contributed by atoms with E-state index in [0.29, 0.717) is 5.54 Å². The molecule has 1 aromatic carbocycles. The maximum absolute atomic E-state index is 5.70. The van der Waals surface area contributed by atoms with Crippen molar-refractivity contribution in [2.45, 2.75) is 70.9 Å². The molecule has 0 radical (unpaired) electrons. The molecule has 2 rings (SSSR count). The van der Waals surface area contributed by atoms with Crippen LogP contribution in [0.25, 0.3) is 0 Å². The van der Waals surface area contributed by atoms with Gasteiger partial charge in [0.2, 0.25) is 0 Å². The van der Waals surface area contributed by atoms with Crippen molar-refractivity contribution < 1.29 is 4.74 Å². The van der Waals surface area contributed by atoms with Gasteiger partial charge in [-0.15, -0.1) is 0 Å². The maximum Gasteiger partial charge on any atom is 0.119 e. The zero-order chi connectivity index (χ0) is 14.3. The molecule has 2 nitrogen and oxygen atoms in total. The number of benzene rings is 1. The first-order chi connectivity index (χ1) is 9.72. The molecule has 0 saturated heterocycles. The topological polar surface area (TPSA) is 21.3 Å². The van der Waals surface area contributed by atoms with Crippen molar-refractivity contribution in [3.8, 4) is 5.75 Å². The molecule has 0 amide bonds. The average Bonchev–Trinajstić information content (AvgIpc) is 2.48. The van der Waals surface area contributed by atoms with Gasteiger partial charge in [0.05, 0.1) is 6.61 Å². The second-order valence-corrected chi connectivity index (χ2v) is 6.32. The molecule has 0 bridgehead atoms. The van der Waals surface area contributed by atoms with Crippen molar-refractivity contribution >= 4 is 0 Å². The summed E-state index contributed by atoms with van der Waals surface area (Å²) in [6.07, 6.45) is 9.07. The van der Waals surface area contributed by atoms with E-state index >= 15 is 0 Å². The minimum atomic E-state index is 0.342. The monoisotopic (exact) mass is 275 g/mol. The molecule has 112 valence electrons. The number of hydrogen-bond donors (Lipinski definition) is 1. The largest absolute Gasteiger partial charge is 0.494 e. The highest BCUT2D eigenvalue weighted by Crippen LogP contribution is 2.27. The number of hydrogen-bond acceptors (Lipinski definition) is 2. The predicted octanol–water partition coefficient (Wildman–Crippen LogP) is 4.68. The van der Waals surface area contributed by atoms with Gasteiger partial charge in [0.15, 0.2) is 0 Å². The van der Waals surface area contributed by atoms with E-state index in [-0.39, 0.29) is 0 Å². The minimum Gasteiger partial charge on any atom is -0.494 e. The molecular formula is C18H29NO. The Morgan fingerprint density at radius 3 is 2.45 bits per heavy atom. The quantitative estimate of drug-likeness (QED) is 0.730. The highest BCUT2D eigenvalue weighted by atomic mass is 16.5. The summed E-state index contributed by atoms with van der Waals surface area (Å²) in [6.45, 7) is 6.34. The second kappa shape index (κ2) is 7.68. The molecule has 0 spiro atoms. The molecule has 1 fully saturated rings. The van der Waals surface area contributed by atoms with Crippen molar-refractivity contribution in [3.05, 3.63) is 29.8 Å². The van der Waals surface area contributed by atoms with Crippen LogP contribution in [0.15, 0.2) is 24.3 Å². The first kappa shape index (κ1) is 15.4. The fourth-order valence-corrected chi connectivity index (χ4v) is 2.86. The third kappa shape index (κ3) is 4.82. The van der Waals surface area contributed by atoms with E-state index in [1.807, 2.05) is 0 Å². The molecule has 1 N–H and O–H groups in total. The van der Waals surface area contributed by atoms with Gasteiger partial charge >= 0.3 is 0 Å². The molecular weight excluding hydrogens is 246 g/mol. The first-order valence-electron chi connectivity index (χ1n) is 8.19. The van der Waals surface area contributed by atoms with E-state index in [2.05, 4.69) is 43.4 Å². The van der Waals surface area contributed by atoms with Crippen LogP contribution in [0, 0.1) is 0 Å². The molecule has 0 heterocycles. The number of ether oxygens (including phenoxy) is 1. The lowest BCUT2D eigenvalue weighted by Crippen LogP contribution is -2.43. The van der Waals surface area contributed by atoms with Crippen molar-refractivity contribution in [2.24, 2.45) is 0 Å². The summed E-state index contributed by atoms with van der Waals surface area (Å²) in [4.78, 5) is 0. The summed E-state index contributed by atoms with van der Waals surface area (Å²) in [5.74, 6) is 0.992. The van der Waals surface area contributed by atoms with E-state index in [1.54, 1.807) is 0 Å². The van der Waals surface area contributed by atoms with E-state index in [4.69, 9.17) is 4.74 Å². The Morgan fingerprint density at radius 2 is 1.80 bits per heavy atom. The Kier molecular flexibility index (Phi) is 5.90. The van der Waals surface area contributed by atoms with Gasteiger partial charge in [0.1, 0.15) is 5.75 Å². The van der Waals surface area contributed by atoms with Gasteiger partial charge in [-0.2, -0.15) is 0 Å². The zero-order valence-electron chi connectivity index (χ0n) is 13.1. The van der Waals surface area contributed by atoms with Gasteiger partial charge in [-0.05, 0) is 43.9 Å². The molecule has 0 unspecified atom stereocenters. The molecule has 20 heavy (non-hydrogen) atoms. The van der Waals surface area contributed by atoms with Gasteiger partial charge < -0.3 is 10.1 Å². The van der Waals surface area contributed by atoms with Crippen LogP contribution in [0.4, 0.5) is 0 Å². The van der Waals surface area contributed by atoms with E-state index in [0.717, 1.165) is 25.3 Å².